The van der Waals surface area contributed by atoms with E-state index in [1.807, 2.05) is 26.0 Å². The summed E-state index contributed by atoms with van der Waals surface area (Å²) in [5, 5.41) is 9.38. The number of benzene rings is 1. The van der Waals surface area contributed by atoms with Crippen LogP contribution < -0.4 is 5.32 Å². The molecule has 0 aliphatic rings. The Balaban J connectivity index is 1.75. The van der Waals surface area contributed by atoms with Crippen LogP contribution in [0.15, 0.2) is 34.2 Å². The average molecular weight is 370 g/mol. The number of rotatable bonds is 5. The first kappa shape index (κ1) is 18.3. The summed E-state index contributed by atoms with van der Waals surface area (Å²) >= 11 is 1.45. The molecular formula is C19H22N4O2S. The third-order valence-corrected chi connectivity index (χ3v) is 4.97. The summed E-state index contributed by atoms with van der Waals surface area (Å²) < 4.78 is 5.00. The molecule has 136 valence electrons. The fourth-order valence-corrected chi connectivity index (χ4v) is 3.28. The zero-order valence-corrected chi connectivity index (χ0v) is 16.3. The van der Waals surface area contributed by atoms with Gasteiger partial charge in [-0.3, -0.25) is 4.79 Å². The van der Waals surface area contributed by atoms with E-state index in [4.69, 9.17) is 4.52 Å². The molecule has 0 aliphatic heterocycles. The number of carbonyl (C=O) groups excluding carboxylic acids is 1. The van der Waals surface area contributed by atoms with Crippen molar-refractivity contribution >= 4 is 17.2 Å². The molecule has 0 saturated heterocycles. The first-order chi connectivity index (χ1) is 12.3. The lowest BCUT2D eigenvalue weighted by Gasteiger charge is -2.21. The van der Waals surface area contributed by atoms with Gasteiger partial charge in [-0.05, 0) is 25.3 Å². The maximum Gasteiger partial charge on any atom is 0.271 e. The highest BCUT2D eigenvalue weighted by molar-refractivity contribution is 7.13. The van der Waals surface area contributed by atoms with Crippen molar-refractivity contribution in [1.29, 1.82) is 0 Å². The molecule has 7 heteroatoms. The molecule has 6 nitrogen and oxygen atoms in total. The highest BCUT2D eigenvalue weighted by atomic mass is 32.1. The third-order valence-electron chi connectivity index (χ3n) is 4.07. The predicted molar refractivity (Wildman–Crippen MR) is 101 cm³/mol. The molecule has 3 rings (SSSR count). The van der Waals surface area contributed by atoms with Gasteiger partial charge in [-0.25, -0.2) is 4.98 Å². The van der Waals surface area contributed by atoms with Crippen molar-refractivity contribution in [3.8, 4) is 10.6 Å². The standard InChI is InChI=1S/C19H22N4O2S/c1-11(2)13-6-8-14(9-7-13)17-21-15(10-26-17)16(24)22-19(4,5)18-20-12(3)25-23-18/h6-11H,1-5H3,(H,22,24). The first-order valence-electron chi connectivity index (χ1n) is 8.45. The van der Waals surface area contributed by atoms with Crippen LogP contribution >= 0.6 is 11.3 Å². The van der Waals surface area contributed by atoms with E-state index >= 15 is 0 Å². The van der Waals surface area contributed by atoms with Crippen LogP contribution in [0.4, 0.5) is 0 Å². The molecule has 2 aromatic heterocycles. The average Bonchev–Trinajstić information content (AvgIpc) is 3.24. The Kier molecular flexibility index (Phi) is 4.91. The minimum atomic E-state index is -0.752. The number of amides is 1. The fourth-order valence-electron chi connectivity index (χ4n) is 2.48. The quantitative estimate of drug-likeness (QED) is 0.724. The second kappa shape index (κ2) is 6.99. The predicted octanol–water partition coefficient (Wildman–Crippen LogP) is 4.29. The molecule has 0 atom stereocenters. The Hall–Kier alpha value is -2.54. The summed E-state index contributed by atoms with van der Waals surface area (Å²) in [5.74, 6) is 1.11. The smallest absolute Gasteiger partial charge is 0.271 e. The summed E-state index contributed by atoms with van der Waals surface area (Å²) in [7, 11) is 0. The van der Waals surface area contributed by atoms with Crippen molar-refractivity contribution in [2.75, 3.05) is 0 Å². The Morgan fingerprint density at radius 2 is 1.88 bits per heavy atom. The largest absolute Gasteiger partial charge is 0.340 e. The van der Waals surface area contributed by atoms with Gasteiger partial charge in [-0.15, -0.1) is 11.3 Å². The van der Waals surface area contributed by atoms with Gasteiger partial charge in [0.1, 0.15) is 10.7 Å². The van der Waals surface area contributed by atoms with Crippen LogP contribution in [0.2, 0.25) is 0 Å². The van der Waals surface area contributed by atoms with Gasteiger partial charge < -0.3 is 9.84 Å². The number of hydrogen-bond donors (Lipinski definition) is 1. The Morgan fingerprint density at radius 3 is 2.46 bits per heavy atom. The molecule has 3 aromatic rings. The van der Waals surface area contributed by atoms with E-state index in [1.54, 1.807) is 12.3 Å². The Morgan fingerprint density at radius 1 is 1.19 bits per heavy atom. The SMILES string of the molecule is Cc1nc(C(C)(C)NC(=O)c2csc(-c3ccc(C(C)C)cc3)n2)no1. The lowest BCUT2D eigenvalue weighted by molar-refractivity contribution is 0.0903. The summed E-state index contributed by atoms with van der Waals surface area (Å²) in [6.45, 7) is 9.69. The molecule has 0 saturated carbocycles. The van der Waals surface area contributed by atoms with Crippen molar-refractivity contribution in [3.05, 3.63) is 52.6 Å². The van der Waals surface area contributed by atoms with Crippen LogP contribution in [0.1, 0.15) is 61.4 Å². The monoisotopic (exact) mass is 370 g/mol. The lowest BCUT2D eigenvalue weighted by Crippen LogP contribution is -2.42. The summed E-state index contributed by atoms with van der Waals surface area (Å²) in [5.41, 5.74) is 1.91. The topological polar surface area (TPSA) is 80.9 Å². The Labute approximate surface area is 156 Å². The highest BCUT2D eigenvalue weighted by Crippen LogP contribution is 2.26. The van der Waals surface area contributed by atoms with E-state index in [0.29, 0.717) is 23.3 Å². The molecule has 0 fully saturated rings. The van der Waals surface area contributed by atoms with Crippen molar-refractivity contribution in [2.24, 2.45) is 0 Å². The van der Waals surface area contributed by atoms with E-state index in [1.165, 1.54) is 16.9 Å². The van der Waals surface area contributed by atoms with Crippen LogP contribution in [0.3, 0.4) is 0 Å². The highest BCUT2D eigenvalue weighted by Gasteiger charge is 2.29. The first-order valence-corrected chi connectivity index (χ1v) is 9.33. The van der Waals surface area contributed by atoms with Crippen molar-refractivity contribution in [1.82, 2.24) is 20.4 Å². The van der Waals surface area contributed by atoms with Gasteiger partial charge in [0.2, 0.25) is 5.89 Å². The second-order valence-corrected chi connectivity index (χ2v) is 7.89. The van der Waals surface area contributed by atoms with E-state index in [0.717, 1.165) is 10.6 Å². The van der Waals surface area contributed by atoms with Gasteiger partial charge >= 0.3 is 0 Å². The number of hydrogen-bond acceptors (Lipinski definition) is 6. The minimum Gasteiger partial charge on any atom is -0.340 e. The molecule has 1 amide bonds. The summed E-state index contributed by atoms with van der Waals surface area (Å²) in [6, 6.07) is 8.29. The molecule has 0 radical (unpaired) electrons. The second-order valence-electron chi connectivity index (χ2n) is 7.03. The fraction of sp³-hybridized carbons (Fsp3) is 0.368. The number of carbonyl (C=O) groups is 1. The van der Waals surface area contributed by atoms with Crippen molar-refractivity contribution in [3.63, 3.8) is 0 Å². The molecule has 1 aromatic carbocycles. The maximum absolute atomic E-state index is 12.6. The zero-order chi connectivity index (χ0) is 18.9. The van der Waals surface area contributed by atoms with Crippen molar-refractivity contribution < 1.29 is 9.32 Å². The molecule has 0 spiro atoms. The normalized spacial score (nSPS) is 11.8. The molecular weight excluding hydrogens is 348 g/mol. The number of nitrogens with one attached hydrogen (secondary N) is 1. The van der Waals surface area contributed by atoms with Gasteiger partial charge in [0, 0.05) is 17.9 Å². The molecule has 0 aliphatic carbocycles. The van der Waals surface area contributed by atoms with E-state index in [-0.39, 0.29) is 5.91 Å². The molecule has 0 bridgehead atoms. The van der Waals surface area contributed by atoms with Crippen molar-refractivity contribution in [2.45, 2.75) is 46.1 Å². The molecule has 1 N–H and O–H groups in total. The third kappa shape index (κ3) is 3.83. The van der Waals surface area contributed by atoms with Crippen LogP contribution in [0, 0.1) is 6.92 Å². The van der Waals surface area contributed by atoms with Crippen LogP contribution in [0.5, 0.6) is 0 Å². The summed E-state index contributed by atoms with van der Waals surface area (Å²) in [6.07, 6.45) is 0. The number of aromatic nitrogens is 3. The van der Waals surface area contributed by atoms with Gasteiger partial charge in [0.15, 0.2) is 5.82 Å². The summed E-state index contributed by atoms with van der Waals surface area (Å²) in [4.78, 5) is 21.2. The number of thiazole rings is 1. The minimum absolute atomic E-state index is 0.265. The maximum atomic E-state index is 12.6. The number of aryl methyl sites for hydroxylation is 1. The number of nitrogens with zero attached hydrogens (tertiary/aromatic N) is 3. The lowest BCUT2D eigenvalue weighted by atomic mass is 10.0. The van der Waals surface area contributed by atoms with Gasteiger partial charge in [0.05, 0.1) is 5.54 Å². The van der Waals surface area contributed by atoms with Crippen LogP contribution in [-0.4, -0.2) is 21.0 Å². The van der Waals surface area contributed by atoms with Gasteiger partial charge in [-0.2, -0.15) is 4.98 Å². The van der Waals surface area contributed by atoms with Crippen LogP contribution in [0.25, 0.3) is 10.6 Å². The zero-order valence-electron chi connectivity index (χ0n) is 15.5. The Bertz CT molecular complexity index is 910. The van der Waals surface area contributed by atoms with Gasteiger partial charge in [0.25, 0.3) is 5.91 Å². The molecule has 26 heavy (non-hydrogen) atoms. The van der Waals surface area contributed by atoms with E-state index in [9.17, 15) is 4.79 Å². The van der Waals surface area contributed by atoms with E-state index in [2.05, 4.69) is 46.4 Å². The molecule has 0 unspecified atom stereocenters. The van der Waals surface area contributed by atoms with Gasteiger partial charge in [-0.1, -0.05) is 43.3 Å². The molecule has 2 heterocycles. The van der Waals surface area contributed by atoms with E-state index < -0.39 is 5.54 Å². The van der Waals surface area contributed by atoms with Crippen LogP contribution in [-0.2, 0) is 5.54 Å².